The maximum atomic E-state index is 12.4. The van der Waals surface area contributed by atoms with E-state index in [0.717, 1.165) is 0 Å². The van der Waals surface area contributed by atoms with Crippen molar-refractivity contribution in [2.24, 2.45) is 0 Å². The van der Waals surface area contributed by atoms with Gasteiger partial charge in [-0.25, -0.2) is 4.79 Å². The van der Waals surface area contributed by atoms with Crippen LogP contribution in [0.25, 0.3) is 0 Å². The van der Waals surface area contributed by atoms with Crippen molar-refractivity contribution in [1.29, 1.82) is 0 Å². The van der Waals surface area contributed by atoms with Gasteiger partial charge in [0.1, 0.15) is 0 Å². The first-order valence-corrected chi connectivity index (χ1v) is 8.67. The summed E-state index contributed by atoms with van der Waals surface area (Å²) in [4.78, 5) is 26.8. The first-order valence-electron chi connectivity index (χ1n) is 7.06. The Morgan fingerprint density at radius 3 is 2.26 bits per heavy atom. The van der Waals surface area contributed by atoms with Crippen LogP contribution in [0.3, 0.4) is 0 Å². The van der Waals surface area contributed by atoms with E-state index in [4.69, 9.17) is 9.66 Å². The van der Waals surface area contributed by atoms with Crippen LogP contribution in [0.4, 0.5) is 0 Å². The number of carboxylic acids is 1. The predicted octanol–water partition coefficient (Wildman–Crippen LogP) is 0.0304. The molecule has 0 saturated carbocycles. The summed E-state index contributed by atoms with van der Waals surface area (Å²) in [7, 11) is -3.99. The number of amides is 1. The number of hydrogen-bond acceptors (Lipinski definition) is 5. The van der Waals surface area contributed by atoms with E-state index in [2.05, 4.69) is 0 Å². The summed E-state index contributed by atoms with van der Waals surface area (Å²) in [5.41, 5.74) is 0.374. The number of carbonyl (C=O) groups excluding carboxylic acids is 1. The van der Waals surface area contributed by atoms with Crippen LogP contribution in [0.1, 0.15) is 20.7 Å². The van der Waals surface area contributed by atoms with Crippen LogP contribution in [0, 0.1) is 0 Å². The largest absolute Gasteiger partial charge is 0.478 e. The van der Waals surface area contributed by atoms with Crippen molar-refractivity contribution in [2.45, 2.75) is 0 Å². The molecule has 0 aliphatic carbocycles. The molecule has 1 aromatic rings. The molecule has 0 unspecified atom stereocenters. The number of hydrogen-bond donors (Lipinski definition) is 2. The Balaban J connectivity index is 1.93. The molecule has 0 aromatic heterocycles. The van der Waals surface area contributed by atoms with Crippen molar-refractivity contribution in [1.82, 2.24) is 9.80 Å². The number of nitrogens with zero attached hydrogens (tertiary/aromatic N) is 2. The zero-order valence-corrected chi connectivity index (χ0v) is 13.2. The average Bonchev–Trinajstić information content (AvgIpc) is 2.52. The van der Waals surface area contributed by atoms with Gasteiger partial charge >= 0.3 is 5.97 Å². The lowest BCUT2D eigenvalue weighted by atomic mass is 10.1. The Bertz CT molecular complexity index is 695. The molecule has 126 valence electrons. The van der Waals surface area contributed by atoms with E-state index >= 15 is 0 Å². The number of aromatic carboxylic acids is 1. The fourth-order valence-corrected chi connectivity index (χ4v) is 2.88. The van der Waals surface area contributed by atoms with Gasteiger partial charge < -0.3 is 10.0 Å². The zero-order valence-electron chi connectivity index (χ0n) is 12.4. The summed E-state index contributed by atoms with van der Waals surface area (Å²) in [5, 5.41) is 8.96. The number of rotatable bonds is 5. The van der Waals surface area contributed by atoms with Crippen molar-refractivity contribution < 1.29 is 27.7 Å². The lowest BCUT2D eigenvalue weighted by molar-refractivity contribution is 0.0643. The van der Waals surface area contributed by atoms with E-state index in [1.165, 1.54) is 18.2 Å². The highest BCUT2D eigenvalue weighted by Gasteiger charge is 2.23. The van der Waals surface area contributed by atoms with E-state index in [-0.39, 0.29) is 23.8 Å². The molecule has 1 aromatic carbocycles. The van der Waals surface area contributed by atoms with E-state index in [0.29, 0.717) is 31.7 Å². The Kier molecular flexibility index (Phi) is 5.34. The van der Waals surface area contributed by atoms with Crippen LogP contribution < -0.4 is 0 Å². The summed E-state index contributed by atoms with van der Waals surface area (Å²) in [5.74, 6) is -1.67. The second kappa shape index (κ2) is 7.07. The molecule has 0 atom stereocenters. The minimum absolute atomic E-state index is 0.0580. The molecule has 0 spiro atoms. The zero-order chi connectivity index (χ0) is 17.0. The van der Waals surface area contributed by atoms with Crippen molar-refractivity contribution in [3.63, 3.8) is 0 Å². The molecule has 8 nitrogen and oxygen atoms in total. The Hall–Kier alpha value is -1.97. The number of benzene rings is 1. The molecule has 1 aliphatic rings. The molecule has 1 fully saturated rings. The van der Waals surface area contributed by atoms with Gasteiger partial charge in [-0.1, -0.05) is 6.07 Å². The van der Waals surface area contributed by atoms with Gasteiger partial charge in [0, 0.05) is 38.3 Å². The third-order valence-corrected chi connectivity index (χ3v) is 4.38. The molecule has 2 N–H and O–H groups in total. The highest BCUT2D eigenvalue weighted by molar-refractivity contribution is 7.85. The van der Waals surface area contributed by atoms with Gasteiger partial charge in [-0.2, -0.15) is 8.42 Å². The van der Waals surface area contributed by atoms with Gasteiger partial charge in [0.05, 0.1) is 11.3 Å². The SMILES string of the molecule is O=C(O)c1cccc(C(=O)N2CCN(CCS(=O)(=O)O)CC2)c1. The number of piperazine rings is 1. The monoisotopic (exact) mass is 342 g/mol. The van der Waals surface area contributed by atoms with Crippen LogP contribution in [0.5, 0.6) is 0 Å². The van der Waals surface area contributed by atoms with E-state index in [9.17, 15) is 18.0 Å². The average molecular weight is 342 g/mol. The Morgan fingerprint density at radius 2 is 1.70 bits per heavy atom. The van der Waals surface area contributed by atoms with E-state index < -0.39 is 16.1 Å². The lowest BCUT2D eigenvalue weighted by Gasteiger charge is -2.34. The van der Waals surface area contributed by atoms with Gasteiger partial charge in [0.15, 0.2) is 0 Å². The van der Waals surface area contributed by atoms with Gasteiger partial charge in [0.2, 0.25) is 0 Å². The Labute approximate surface area is 134 Å². The molecular formula is C14H18N2O6S. The predicted molar refractivity (Wildman–Crippen MR) is 82.2 cm³/mol. The molecule has 0 bridgehead atoms. The maximum absolute atomic E-state index is 12.4. The van der Waals surface area contributed by atoms with Crippen molar-refractivity contribution >= 4 is 22.0 Å². The van der Waals surface area contributed by atoms with Crippen LogP contribution in [0.15, 0.2) is 24.3 Å². The van der Waals surface area contributed by atoms with Crippen LogP contribution in [-0.4, -0.2) is 78.2 Å². The third kappa shape index (κ3) is 5.02. The first kappa shape index (κ1) is 17.4. The summed E-state index contributed by atoms with van der Waals surface area (Å²) in [6.07, 6.45) is 0. The topological polar surface area (TPSA) is 115 Å². The maximum Gasteiger partial charge on any atom is 0.335 e. The van der Waals surface area contributed by atoms with Gasteiger partial charge in [-0.05, 0) is 18.2 Å². The Morgan fingerprint density at radius 1 is 1.09 bits per heavy atom. The van der Waals surface area contributed by atoms with Crippen molar-refractivity contribution in [3.05, 3.63) is 35.4 Å². The summed E-state index contributed by atoms with van der Waals surface area (Å²) < 4.78 is 30.2. The fourth-order valence-electron chi connectivity index (χ4n) is 2.39. The standard InChI is InChI=1S/C14H18N2O6S/c17-13(11-2-1-3-12(10-11)14(18)19)16-6-4-15(5-7-16)8-9-23(20,21)22/h1-3,10H,4-9H2,(H,18,19)(H,20,21,22). The van der Waals surface area contributed by atoms with Gasteiger partial charge in [0.25, 0.3) is 16.0 Å². The number of carbonyl (C=O) groups is 2. The first-order chi connectivity index (χ1) is 10.8. The number of carboxylic acid groups (broad SMARTS) is 1. The fraction of sp³-hybridized carbons (Fsp3) is 0.429. The second-order valence-corrected chi connectivity index (χ2v) is 6.88. The van der Waals surface area contributed by atoms with Gasteiger partial charge in [-0.15, -0.1) is 0 Å². The summed E-state index contributed by atoms with van der Waals surface area (Å²) in [6, 6.07) is 5.86. The van der Waals surface area contributed by atoms with Crippen molar-refractivity contribution in [3.8, 4) is 0 Å². The van der Waals surface area contributed by atoms with E-state index in [1.54, 1.807) is 11.0 Å². The minimum Gasteiger partial charge on any atom is -0.478 e. The molecule has 2 rings (SSSR count). The van der Waals surface area contributed by atoms with Crippen LogP contribution in [-0.2, 0) is 10.1 Å². The quantitative estimate of drug-likeness (QED) is 0.725. The molecule has 9 heteroatoms. The molecule has 23 heavy (non-hydrogen) atoms. The molecule has 1 amide bonds. The smallest absolute Gasteiger partial charge is 0.335 e. The molecule has 1 aliphatic heterocycles. The van der Waals surface area contributed by atoms with Gasteiger partial charge in [-0.3, -0.25) is 14.2 Å². The minimum atomic E-state index is -3.99. The molecule has 1 saturated heterocycles. The highest BCUT2D eigenvalue weighted by atomic mass is 32.2. The molecule has 1 heterocycles. The lowest BCUT2D eigenvalue weighted by Crippen LogP contribution is -2.49. The highest BCUT2D eigenvalue weighted by Crippen LogP contribution is 2.11. The van der Waals surface area contributed by atoms with Crippen LogP contribution in [0.2, 0.25) is 0 Å². The third-order valence-electron chi connectivity index (χ3n) is 3.68. The summed E-state index contributed by atoms with van der Waals surface area (Å²) in [6.45, 7) is 2.05. The molecular weight excluding hydrogens is 324 g/mol. The van der Waals surface area contributed by atoms with E-state index in [1.807, 2.05) is 4.90 Å². The second-order valence-electron chi connectivity index (χ2n) is 5.31. The van der Waals surface area contributed by atoms with Crippen LogP contribution >= 0.6 is 0 Å². The summed E-state index contributed by atoms with van der Waals surface area (Å²) >= 11 is 0. The molecule has 0 radical (unpaired) electrons. The normalized spacial score (nSPS) is 16.3. The van der Waals surface area contributed by atoms with Crippen molar-refractivity contribution in [2.75, 3.05) is 38.5 Å².